The average Bonchev–Trinajstić information content (AvgIpc) is 3.08. The zero-order valence-corrected chi connectivity index (χ0v) is 22.7. The van der Waals surface area contributed by atoms with E-state index in [1.165, 1.54) is 5.06 Å². The number of carbonyl (C=O) groups is 1. The highest BCUT2D eigenvalue weighted by molar-refractivity contribution is 5.77. The molecule has 1 amide bonds. The number of hydrogen-bond donors (Lipinski definition) is 1. The molecule has 7 heteroatoms. The van der Waals surface area contributed by atoms with Gasteiger partial charge in [-0.25, -0.2) is 9.13 Å². The molecule has 2 saturated heterocycles. The van der Waals surface area contributed by atoms with Crippen LogP contribution >= 0.6 is 0 Å². The molecule has 2 atom stereocenters. The second-order valence-electron chi connectivity index (χ2n) is 12.8. The van der Waals surface area contributed by atoms with Gasteiger partial charge in [0.15, 0.2) is 6.54 Å². The van der Waals surface area contributed by atoms with E-state index in [0.717, 1.165) is 32.1 Å². The third kappa shape index (κ3) is 5.01. The lowest BCUT2D eigenvalue weighted by Gasteiger charge is -2.59. The van der Waals surface area contributed by atoms with Crippen LogP contribution in [0.25, 0.3) is 0 Å². The molecule has 1 aromatic rings. The van der Waals surface area contributed by atoms with Crippen molar-refractivity contribution in [1.82, 2.24) is 19.4 Å². The smallest absolute Gasteiger partial charge is 0.265 e. The number of imidazole rings is 1. The number of hydroxylamine groups is 2. The van der Waals surface area contributed by atoms with Gasteiger partial charge in [0.25, 0.3) is 5.91 Å². The maximum Gasteiger partial charge on any atom is 0.265 e. The van der Waals surface area contributed by atoms with Gasteiger partial charge in [-0.1, -0.05) is 6.92 Å². The van der Waals surface area contributed by atoms with Gasteiger partial charge in [-0.05, 0) is 87.6 Å². The van der Waals surface area contributed by atoms with Crippen LogP contribution in [0.15, 0.2) is 18.7 Å². The van der Waals surface area contributed by atoms with Crippen molar-refractivity contribution in [3.63, 3.8) is 0 Å². The molecule has 0 radical (unpaired) electrons. The standard InChI is InChI=1S/C26H48N5O2/c1-11-26(8)17-21(14-23(2,3)28(26)10)30(22(32)18-29-13-12-27(9)19-29)20-15-24(4,5)31(33)25(6,7)16-20/h12-13,19-21,33H,11,14-18H2,1-10H3/q+1. The number of aryl methyl sites for hydroxylation is 1. The zero-order valence-electron chi connectivity index (χ0n) is 22.7. The largest absolute Gasteiger partial charge is 0.333 e. The third-order valence-electron chi connectivity index (χ3n) is 8.72. The summed E-state index contributed by atoms with van der Waals surface area (Å²) in [6.07, 6.45) is 10.4. The molecule has 0 spiro atoms. The summed E-state index contributed by atoms with van der Waals surface area (Å²) in [4.78, 5) is 18.8. The minimum atomic E-state index is -0.403. The van der Waals surface area contributed by atoms with E-state index < -0.39 is 11.1 Å². The zero-order chi connectivity index (χ0) is 25.0. The van der Waals surface area contributed by atoms with Gasteiger partial charge in [0.2, 0.25) is 6.33 Å². The Kier molecular flexibility index (Phi) is 6.86. The molecule has 2 fully saturated rings. The molecular formula is C26H48N5O2+. The van der Waals surface area contributed by atoms with Crippen LogP contribution in [0.5, 0.6) is 0 Å². The number of piperidine rings is 2. The molecule has 33 heavy (non-hydrogen) atoms. The van der Waals surface area contributed by atoms with Gasteiger partial charge < -0.3 is 10.1 Å². The number of likely N-dealkylation sites (tertiary alicyclic amines) is 1. The molecule has 188 valence electrons. The van der Waals surface area contributed by atoms with Crippen LogP contribution < -0.4 is 4.57 Å². The lowest BCUT2D eigenvalue weighted by Crippen LogP contribution is -2.68. The predicted octanol–water partition coefficient (Wildman–Crippen LogP) is 3.59. The van der Waals surface area contributed by atoms with E-state index in [2.05, 4.69) is 72.2 Å². The molecule has 7 nitrogen and oxygen atoms in total. The topological polar surface area (TPSA) is 55.8 Å². The Labute approximate surface area is 201 Å². The highest BCUT2D eigenvalue weighted by atomic mass is 16.5. The fourth-order valence-electron chi connectivity index (χ4n) is 6.69. The van der Waals surface area contributed by atoms with Crippen molar-refractivity contribution < 1.29 is 14.6 Å². The van der Waals surface area contributed by atoms with Crippen LogP contribution in [0.2, 0.25) is 0 Å². The first kappa shape index (κ1) is 26.2. The van der Waals surface area contributed by atoms with Crippen molar-refractivity contribution in [2.75, 3.05) is 7.05 Å². The minimum absolute atomic E-state index is 0.00515. The van der Waals surface area contributed by atoms with E-state index in [4.69, 9.17) is 0 Å². The fourth-order valence-corrected chi connectivity index (χ4v) is 6.69. The van der Waals surface area contributed by atoms with Crippen LogP contribution in [0.1, 0.15) is 87.5 Å². The summed E-state index contributed by atoms with van der Waals surface area (Å²) < 4.78 is 3.95. The lowest BCUT2D eigenvalue weighted by atomic mass is 9.72. The van der Waals surface area contributed by atoms with Gasteiger partial charge in [0.05, 0.1) is 7.05 Å². The normalized spacial score (nSPS) is 30.3. The Hall–Kier alpha value is -1.44. The summed E-state index contributed by atoms with van der Waals surface area (Å²) in [5, 5.41) is 12.4. The first-order valence-corrected chi connectivity index (χ1v) is 12.6. The number of carbonyl (C=O) groups excluding carboxylic acids is 1. The van der Waals surface area contributed by atoms with Gasteiger partial charge in [-0.2, -0.15) is 5.06 Å². The van der Waals surface area contributed by atoms with Crippen molar-refractivity contribution in [2.45, 2.75) is 128 Å². The van der Waals surface area contributed by atoms with Crippen LogP contribution in [-0.4, -0.2) is 71.8 Å². The van der Waals surface area contributed by atoms with E-state index in [1.54, 1.807) is 0 Å². The van der Waals surface area contributed by atoms with E-state index in [0.29, 0.717) is 6.54 Å². The fraction of sp³-hybridized carbons (Fsp3) is 0.846. The summed E-state index contributed by atoms with van der Waals surface area (Å²) in [6.45, 7) is 17.9. The Balaban J connectivity index is 2.01. The Bertz CT molecular complexity index is 843. The molecule has 0 aromatic carbocycles. The molecule has 2 aliphatic heterocycles. The molecule has 0 bridgehead atoms. The van der Waals surface area contributed by atoms with E-state index in [1.807, 2.05) is 34.9 Å². The summed E-state index contributed by atoms with van der Waals surface area (Å²) in [7, 11) is 4.22. The highest BCUT2D eigenvalue weighted by Gasteiger charge is 2.52. The average molecular weight is 463 g/mol. The molecule has 2 unspecified atom stereocenters. The number of nitrogens with zero attached hydrogens (tertiary/aromatic N) is 5. The first-order valence-electron chi connectivity index (χ1n) is 12.6. The van der Waals surface area contributed by atoms with Crippen LogP contribution in [0, 0.1) is 0 Å². The molecule has 3 rings (SSSR count). The second-order valence-corrected chi connectivity index (χ2v) is 12.8. The van der Waals surface area contributed by atoms with Crippen LogP contribution in [-0.2, 0) is 18.4 Å². The SMILES string of the molecule is CCC1(C)CC(N(C(=O)Cn2cc[n+](C)c2)C2CC(C)(C)N(O)C(C)(C)C2)CC(C)(C)N1C. The van der Waals surface area contributed by atoms with Crippen molar-refractivity contribution in [3.05, 3.63) is 18.7 Å². The Morgan fingerprint density at radius 1 is 1.00 bits per heavy atom. The monoisotopic (exact) mass is 462 g/mol. The Morgan fingerprint density at radius 3 is 2.00 bits per heavy atom. The van der Waals surface area contributed by atoms with Gasteiger partial charge in [-0.3, -0.25) is 9.69 Å². The van der Waals surface area contributed by atoms with Gasteiger partial charge >= 0.3 is 0 Å². The quantitative estimate of drug-likeness (QED) is 0.680. The van der Waals surface area contributed by atoms with Gasteiger partial charge in [0.1, 0.15) is 12.4 Å². The van der Waals surface area contributed by atoms with Crippen molar-refractivity contribution in [3.8, 4) is 0 Å². The molecule has 1 N–H and O–H groups in total. The molecule has 0 saturated carbocycles. The molecule has 1 aromatic heterocycles. The van der Waals surface area contributed by atoms with Gasteiger partial charge in [0, 0.05) is 34.2 Å². The number of hydrogen-bond acceptors (Lipinski definition) is 4. The van der Waals surface area contributed by atoms with Crippen molar-refractivity contribution in [1.29, 1.82) is 0 Å². The third-order valence-corrected chi connectivity index (χ3v) is 8.72. The molecular weight excluding hydrogens is 414 g/mol. The minimum Gasteiger partial charge on any atom is -0.333 e. The molecule has 3 heterocycles. The van der Waals surface area contributed by atoms with E-state index in [-0.39, 0.29) is 29.1 Å². The van der Waals surface area contributed by atoms with E-state index in [9.17, 15) is 10.0 Å². The summed E-state index contributed by atoms with van der Waals surface area (Å²) in [6, 6.07) is 0.250. The maximum absolute atomic E-state index is 14.0. The second kappa shape index (κ2) is 8.65. The van der Waals surface area contributed by atoms with Crippen molar-refractivity contribution >= 4 is 5.91 Å². The van der Waals surface area contributed by atoms with Gasteiger partial charge in [-0.15, -0.1) is 0 Å². The van der Waals surface area contributed by atoms with E-state index >= 15 is 0 Å². The number of aromatic nitrogens is 2. The van der Waals surface area contributed by atoms with Crippen molar-refractivity contribution in [2.24, 2.45) is 7.05 Å². The van der Waals surface area contributed by atoms with Crippen LogP contribution in [0.3, 0.4) is 0 Å². The maximum atomic E-state index is 14.0. The highest BCUT2D eigenvalue weighted by Crippen LogP contribution is 2.45. The molecule has 2 aliphatic rings. The summed E-state index contributed by atoms with van der Waals surface area (Å²) in [5.74, 6) is 0.179. The summed E-state index contributed by atoms with van der Waals surface area (Å²) in [5.41, 5.74) is -0.776. The molecule has 0 aliphatic carbocycles. The number of rotatable bonds is 5. The summed E-state index contributed by atoms with van der Waals surface area (Å²) >= 11 is 0. The first-order chi connectivity index (χ1) is 15.0. The Morgan fingerprint density at radius 2 is 1.52 bits per heavy atom. The lowest BCUT2D eigenvalue weighted by molar-refractivity contribution is -0.671. The van der Waals surface area contributed by atoms with Crippen LogP contribution in [0.4, 0.5) is 0 Å². The number of amides is 1. The predicted molar refractivity (Wildman–Crippen MR) is 131 cm³/mol.